The molecule has 0 unspecified atom stereocenters. The maximum Gasteiger partial charge on any atom is 0.166 e. The highest BCUT2D eigenvalue weighted by Gasteiger charge is 2.16. The summed E-state index contributed by atoms with van der Waals surface area (Å²) in [6.45, 7) is 3.75. The summed E-state index contributed by atoms with van der Waals surface area (Å²) in [6.07, 6.45) is 0.237. The second-order valence-corrected chi connectivity index (χ2v) is 5.05. The highest BCUT2D eigenvalue weighted by molar-refractivity contribution is 6.05. The Morgan fingerprint density at radius 1 is 1.21 bits per heavy atom. The van der Waals surface area contributed by atoms with Gasteiger partial charge < -0.3 is 10.2 Å². The predicted octanol–water partition coefficient (Wildman–Crippen LogP) is 3.06. The first-order valence-corrected chi connectivity index (χ1v) is 6.40. The van der Waals surface area contributed by atoms with Crippen LogP contribution in [0.25, 0.3) is 10.8 Å². The minimum absolute atomic E-state index is 0.0286. The van der Waals surface area contributed by atoms with Crippen LogP contribution >= 0.6 is 0 Å². The van der Waals surface area contributed by atoms with E-state index in [1.54, 1.807) is 13.0 Å². The molecule has 2 aromatic rings. The number of Topliss-reactive ketones (excluding diaryl/α,β-unsaturated/α-hetero) is 1. The van der Waals surface area contributed by atoms with Crippen LogP contribution in [0.15, 0.2) is 30.3 Å². The van der Waals surface area contributed by atoms with E-state index >= 15 is 0 Å². The fraction of sp³-hybridized carbons (Fsp3) is 0.312. The second kappa shape index (κ2) is 5.41. The maximum atomic E-state index is 12.1. The quantitative estimate of drug-likeness (QED) is 0.829. The highest BCUT2D eigenvalue weighted by atomic mass is 16.3. The van der Waals surface area contributed by atoms with E-state index in [-0.39, 0.29) is 30.5 Å². The molecule has 19 heavy (non-hydrogen) atoms. The molecule has 0 fully saturated rings. The van der Waals surface area contributed by atoms with Crippen molar-refractivity contribution in [3.63, 3.8) is 0 Å². The van der Waals surface area contributed by atoms with Crippen LogP contribution in [0.3, 0.4) is 0 Å². The molecule has 1 atom stereocenters. The van der Waals surface area contributed by atoms with Gasteiger partial charge in [0.2, 0.25) is 0 Å². The Balaban J connectivity index is 2.46. The Labute approximate surface area is 112 Å². The molecule has 0 heterocycles. The van der Waals surface area contributed by atoms with Gasteiger partial charge in [-0.05, 0) is 29.9 Å². The van der Waals surface area contributed by atoms with Crippen LogP contribution in [0.1, 0.15) is 29.3 Å². The first kappa shape index (κ1) is 13.6. The Morgan fingerprint density at radius 3 is 2.63 bits per heavy atom. The molecule has 3 heteroatoms. The summed E-state index contributed by atoms with van der Waals surface area (Å²) in [7, 11) is 0. The standard InChI is InChI=1S/C16H18O3/c1-10(9-17)8-15(18)14-7-6-12-11(2)4-3-5-13(12)16(14)19/h3-7,10,17,19H,8-9H2,1-2H3/t10-/m0/s1. The smallest absolute Gasteiger partial charge is 0.166 e. The number of aryl methyl sites for hydroxylation is 1. The van der Waals surface area contributed by atoms with E-state index in [0.717, 1.165) is 10.9 Å². The third-order valence-electron chi connectivity index (χ3n) is 3.40. The number of fused-ring (bicyclic) bond motifs is 1. The van der Waals surface area contributed by atoms with Gasteiger partial charge in [-0.2, -0.15) is 0 Å². The molecule has 0 amide bonds. The van der Waals surface area contributed by atoms with Gasteiger partial charge in [0.15, 0.2) is 5.78 Å². The molecule has 0 bridgehead atoms. The molecule has 0 aliphatic carbocycles. The summed E-state index contributed by atoms with van der Waals surface area (Å²) in [5.74, 6) is -0.195. The van der Waals surface area contributed by atoms with Crippen molar-refractivity contribution in [2.24, 2.45) is 5.92 Å². The van der Waals surface area contributed by atoms with Crippen LogP contribution in [0.4, 0.5) is 0 Å². The number of phenols is 1. The first-order chi connectivity index (χ1) is 9.04. The van der Waals surface area contributed by atoms with Gasteiger partial charge in [-0.1, -0.05) is 31.2 Å². The Bertz CT molecular complexity index is 617. The van der Waals surface area contributed by atoms with Crippen molar-refractivity contribution in [1.82, 2.24) is 0 Å². The monoisotopic (exact) mass is 258 g/mol. The zero-order valence-electron chi connectivity index (χ0n) is 11.2. The number of aliphatic hydroxyl groups is 1. The number of ketones is 1. The molecule has 2 rings (SSSR count). The Kier molecular flexibility index (Phi) is 3.86. The number of phenolic OH excluding ortho intramolecular Hbond substituents is 1. The number of benzene rings is 2. The van der Waals surface area contributed by atoms with E-state index in [9.17, 15) is 9.90 Å². The SMILES string of the molecule is Cc1cccc2c(O)c(C(=O)C[C@H](C)CO)ccc12. The third kappa shape index (κ3) is 2.61. The summed E-state index contributed by atoms with van der Waals surface area (Å²) in [6, 6.07) is 9.17. The van der Waals surface area contributed by atoms with Gasteiger partial charge in [0.1, 0.15) is 5.75 Å². The second-order valence-electron chi connectivity index (χ2n) is 5.05. The van der Waals surface area contributed by atoms with Gasteiger partial charge in [-0.15, -0.1) is 0 Å². The predicted molar refractivity (Wildman–Crippen MR) is 75.5 cm³/mol. The molecule has 0 aliphatic rings. The van der Waals surface area contributed by atoms with Gasteiger partial charge >= 0.3 is 0 Å². The molecule has 2 aromatic carbocycles. The number of hydrogen-bond donors (Lipinski definition) is 2. The minimum Gasteiger partial charge on any atom is -0.507 e. The lowest BCUT2D eigenvalue weighted by Gasteiger charge is -2.11. The van der Waals surface area contributed by atoms with Gasteiger partial charge in [0.25, 0.3) is 0 Å². The van der Waals surface area contributed by atoms with Crippen molar-refractivity contribution >= 4 is 16.6 Å². The molecule has 0 radical (unpaired) electrons. The van der Waals surface area contributed by atoms with Crippen LogP contribution in [-0.4, -0.2) is 22.6 Å². The van der Waals surface area contributed by atoms with Crippen LogP contribution in [0, 0.1) is 12.8 Å². The van der Waals surface area contributed by atoms with Crippen LogP contribution in [0.5, 0.6) is 5.75 Å². The lowest BCUT2D eigenvalue weighted by molar-refractivity contribution is 0.0941. The van der Waals surface area contributed by atoms with E-state index in [1.165, 1.54) is 0 Å². The number of hydrogen-bond acceptors (Lipinski definition) is 3. The largest absolute Gasteiger partial charge is 0.507 e. The number of carbonyl (C=O) groups excluding carboxylic acids is 1. The molecule has 0 spiro atoms. The third-order valence-corrected chi connectivity index (χ3v) is 3.40. The van der Waals surface area contributed by atoms with Crippen LogP contribution < -0.4 is 0 Å². The molecular formula is C16H18O3. The fourth-order valence-electron chi connectivity index (χ4n) is 2.22. The maximum absolute atomic E-state index is 12.1. The summed E-state index contributed by atoms with van der Waals surface area (Å²) >= 11 is 0. The average Bonchev–Trinajstić information content (AvgIpc) is 2.39. The fourth-order valence-corrected chi connectivity index (χ4v) is 2.22. The highest BCUT2D eigenvalue weighted by Crippen LogP contribution is 2.31. The molecule has 0 aromatic heterocycles. The summed E-state index contributed by atoms with van der Waals surface area (Å²) in [4.78, 5) is 12.1. The Morgan fingerprint density at radius 2 is 1.95 bits per heavy atom. The molecule has 100 valence electrons. The van der Waals surface area contributed by atoms with Gasteiger partial charge in [0, 0.05) is 18.4 Å². The van der Waals surface area contributed by atoms with Gasteiger partial charge in [0.05, 0.1) is 5.56 Å². The zero-order chi connectivity index (χ0) is 14.0. The van der Waals surface area contributed by atoms with E-state index in [0.29, 0.717) is 10.9 Å². The van der Waals surface area contributed by atoms with E-state index in [4.69, 9.17) is 5.11 Å². The van der Waals surface area contributed by atoms with Crippen LogP contribution in [-0.2, 0) is 0 Å². The van der Waals surface area contributed by atoms with Gasteiger partial charge in [-0.25, -0.2) is 0 Å². The van der Waals surface area contributed by atoms with E-state index < -0.39 is 0 Å². The van der Waals surface area contributed by atoms with Crippen molar-refractivity contribution in [2.45, 2.75) is 20.3 Å². The van der Waals surface area contributed by atoms with E-state index in [2.05, 4.69) is 0 Å². The minimum atomic E-state index is -0.137. The number of rotatable bonds is 4. The van der Waals surface area contributed by atoms with Crippen molar-refractivity contribution < 1.29 is 15.0 Å². The summed E-state index contributed by atoms with van der Waals surface area (Å²) < 4.78 is 0. The number of carbonyl (C=O) groups is 1. The molecule has 2 N–H and O–H groups in total. The molecular weight excluding hydrogens is 240 g/mol. The topological polar surface area (TPSA) is 57.5 Å². The molecule has 0 saturated heterocycles. The number of aromatic hydroxyl groups is 1. The van der Waals surface area contributed by atoms with Crippen LogP contribution in [0.2, 0.25) is 0 Å². The molecule has 0 saturated carbocycles. The van der Waals surface area contributed by atoms with E-state index in [1.807, 2.05) is 31.2 Å². The summed E-state index contributed by atoms with van der Waals surface area (Å²) in [5, 5.41) is 20.9. The number of aliphatic hydroxyl groups excluding tert-OH is 1. The van der Waals surface area contributed by atoms with Crippen molar-refractivity contribution in [3.05, 3.63) is 41.5 Å². The lowest BCUT2D eigenvalue weighted by atomic mass is 9.95. The van der Waals surface area contributed by atoms with Gasteiger partial charge in [-0.3, -0.25) is 4.79 Å². The molecule has 0 aliphatic heterocycles. The first-order valence-electron chi connectivity index (χ1n) is 6.40. The van der Waals surface area contributed by atoms with Crippen molar-refractivity contribution in [1.29, 1.82) is 0 Å². The molecule has 3 nitrogen and oxygen atoms in total. The van der Waals surface area contributed by atoms with Crippen molar-refractivity contribution in [2.75, 3.05) is 6.61 Å². The van der Waals surface area contributed by atoms with Crippen molar-refractivity contribution in [3.8, 4) is 5.75 Å². The Hall–Kier alpha value is -1.87. The normalized spacial score (nSPS) is 12.6. The average molecular weight is 258 g/mol. The lowest BCUT2D eigenvalue weighted by Crippen LogP contribution is -2.09. The zero-order valence-corrected chi connectivity index (χ0v) is 11.2. The summed E-state index contributed by atoms with van der Waals surface area (Å²) in [5.41, 5.74) is 1.40.